The molecular weight excluding hydrogens is 226 g/mol. The number of H-pyrrole nitrogens is 2. The molecule has 0 atom stereocenters. The van der Waals surface area contributed by atoms with Gasteiger partial charge in [-0.3, -0.25) is 9.36 Å². The molecule has 0 bridgehead atoms. The predicted octanol–water partition coefficient (Wildman–Crippen LogP) is 0.434. The zero-order valence-electron chi connectivity index (χ0n) is 10.0. The van der Waals surface area contributed by atoms with E-state index in [2.05, 4.69) is 16.5 Å². The lowest BCUT2D eigenvalue weighted by atomic mass is 10.1. The first kappa shape index (κ1) is 10.7. The summed E-state index contributed by atoms with van der Waals surface area (Å²) in [5.74, 6) is 0. The third-order valence-electron chi connectivity index (χ3n) is 3.14. The topological polar surface area (TPSA) is 53.6 Å². The molecule has 1 aromatic carbocycles. The summed E-state index contributed by atoms with van der Waals surface area (Å²) < 4.78 is 1.50. The third-order valence-corrected chi connectivity index (χ3v) is 3.14. The van der Waals surface area contributed by atoms with Gasteiger partial charge in [-0.25, -0.2) is 0 Å². The van der Waals surface area contributed by atoms with Crippen molar-refractivity contribution in [2.24, 2.45) is 7.05 Å². The Kier molecular flexibility index (Phi) is 2.23. The molecule has 0 aliphatic rings. The van der Waals surface area contributed by atoms with Crippen LogP contribution in [0.25, 0.3) is 23.6 Å². The van der Waals surface area contributed by atoms with Gasteiger partial charge in [0.1, 0.15) is 10.8 Å². The first-order valence-corrected chi connectivity index (χ1v) is 5.68. The van der Waals surface area contributed by atoms with Gasteiger partial charge in [-0.05, 0) is 17.5 Å². The summed E-state index contributed by atoms with van der Waals surface area (Å²) in [6.07, 6.45) is 3.73. The summed E-state index contributed by atoms with van der Waals surface area (Å²) in [6, 6.07) is 7.98. The molecule has 2 aromatic heterocycles. The molecule has 2 heterocycles. The minimum atomic E-state index is -0.0661. The third kappa shape index (κ3) is 1.50. The zero-order chi connectivity index (χ0) is 12.7. The maximum absolute atomic E-state index is 11.9. The van der Waals surface area contributed by atoms with Crippen molar-refractivity contribution in [3.05, 3.63) is 57.2 Å². The van der Waals surface area contributed by atoms with Crippen LogP contribution in [0.1, 0.15) is 5.56 Å². The van der Waals surface area contributed by atoms with Crippen LogP contribution in [0, 0.1) is 0 Å². The molecule has 2 N–H and O–H groups in total. The minimum Gasteiger partial charge on any atom is -0.361 e. The van der Waals surface area contributed by atoms with Crippen molar-refractivity contribution in [3.8, 4) is 0 Å². The van der Waals surface area contributed by atoms with Crippen LogP contribution in [0.5, 0.6) is 0 Å². The van der Waals surface area contributed by atoms with Crippen molar-refractivity contribution in [1.29, 1.82) is 0 Å². The molecule has 0 amide bonds. The van der Waals surface area contributed by atoms with Gasteiger partial charge in [0.2, 0.25) is 0 Å². The molecule has 0 aliphatic carbocycles. The Morgan fingerprint density at radius 3 is 2.89 bits per heavy atom. The highest BCUT2D eigenvalue weighted by Crippen LogP contribution is 2.16. The number of rotatable bonds is 1. The van der Waals surface area contributed by atoms with Crippen LogP contribution in [-0.2, 0) is 7.05 Å². The van der Waals surface area contributed by atoms with E-state index < -0.39 is 0 Å². The average Bonchev–Trinajstić information content (AvgIpc) is 2.92. The average molecular weight is 239 g/mol. The number of hydrogen-bond donors (Lipinski definition) is 2. The van der Waals surface area contributed by atoms with Crippen LogP contribution < -0.4 is 16.4 Å². The Bertz CT molecular complexity index is 880. The highest BCUT2D eigenvalue weighted by molar-refractivity contribution is 5.87. The Morgan fingerprint density at radius 2 is 2.17 bits per heavy atom. The fourth-order valence-corrected chi connectivity index (χ4v) is 2.08. The fraction of sp³-hybridized carbons (Fsp3) is 0.0714. The largest absolute Gasteiger partial charge is 0.361 e. The molecule has 0 fully saturated rings. The van der Waals surface area contributed by atoms with Gasteiger partial charge in [-0.1, -0.05) is 24.8 Å². The van der Waals surface area contributed by atoms with Crippen molar-refractivity contribution >= 4 is 23.6 Å². The van der Waals surface area contributed by atoms with Crippen LogP contribution >= 0.6 is 0 Å². The van der Waals surface area contributed by atoms with Gasteiger partial charge in [-0.2, -0.15) is 0 Å². The summed E-state index contributed by atoms with van der Waals surface area (Å²) in [6.45, 7) is 3.78. The second-order valence-electron chi connectivity index (χ2n) is 4.28. The number of aromatic amines is 2. The van der Waals surface area contributed by atoms with E-state index in [1.807, 2.05) is 36.5 Å². The second-order valence-corrected chi connectivity index (χ2v) is 4.28. The van der Waals surface area contributed by atoms with E-state index in [0.717, 1.165) is 16.5 Å². The molecule has 3 aromatic rings. The maximum Gasteiger partial charge on any atom is 0.275 e. The molecule has 0 radical (unpaired) electrons. The molecule has 0 unspecified atom stereocenters. The Hall–Kier alpha value is -2.49. The van der Waals surface area contributed by atoms with E-state index in [1.165, 1.54) is 4.57 Å². The summed E-state index contributed by atoms with van der Waals surface area (Å²) in [4.78, 5) is 18.1. The van der Waals surface area contributed by atoms with Gasteiger partial charge in [0.05, 0.1) is 5.52 Å². The monoisotopic (exact) mass is 239 g/mol. The highest BCUT2D eigenvalue weighted by Gasteiger charge is 2.01. The van der Waals surface area contributed by atoms with E-state index >= 15 is 0 Å². The van der Waals surface area contributed by atoms with E-state index in [9.17, 15) is 4.79 Å². The SMILES string of the molecule is C=c1[nH]/c(=C\c2cccc3cc[nH]c23)c(=O)n1C. The van der Waals surface area contributed by atoms with Gasteiger partial charge < -0.3 is 9.97 Å². The molecule has 90 valence electrons. The minimum absolute atomic E-state index is 0.0661. The number of aromatic nitrogens is 3. The molecule has 18 heavy (non-hydrogen) atoms. The molecule has 0 saturated carbocycles. The number of benzene rings is 1. The number of nitrogens with one attached hydrogen (secondary N) is 2. The van der Waals surface area contributed by atoms with Crippen LogP contribution in [-0.4, -0.2) is 14.5 Å². The lowest BCUT2D eigenvalue weighted by molar-refractivity contribution is 0.840. The van der Waals surface area contributed by atoms with Crippen LogP contribution in [0.3, 0.4) is 0 Å². The molecule has 0 saturated heterocycles. The summed E-state index contributed by atoms with van der Waals surface area (Å²) in [5.41, 5.74) is 2.55. The van der Waals surface area contributed by atoms with Crippen molar-refractivity contribution < 1.29 is 0 Å². The summed E-state index contributed by atoms with van der Waals surface area (Å²) in [5, 5.41) is 1.67. The molecule has 3 rings (SSSR count). The molecular formula is C14H13N3O. The number of para-hydroxylation sites is 1. The van der Waals surface area contributed by atoms with Gasteiger partial charge >= 0.3 is 0 Å². The summed E-state index contributed by atoms with van der Waals surface area (Å²) in [7, 11) is 1.70. The molecule has 0 spiro atoms. The first-order chi connectivity index (χ1) is 8.66. The normalized spacial score (nSPS) is 12.4. The lowest BCUT2D eigenvalue weighted by Crippen LogP contribution is -2.28. The van der Waals surface area contributed by atoms with Gasteiger partial charge in [0.15, 0.2) is 0 Å². The van der Waals surface area contributed by atoms with Crippen molar-refractivity contribution in [1.82, 2.24) is 14.5 Å². The molecule has 4 heteroatoms. The Balaban J connectivity index is 2.34. The van der Waals surface area contributed by atoms with E-state index in [0.29, 0.717) is 10.8 Å². The van der Waals surface area contributed by atoms with Gasteiger partial charge in [0.25, 0.3) is 5.56 Å². The maximum atomic E-state index is 11.9. The van der Waals surface area contributed by atoms with Gasteiger partial charge in [-0.15, -0.1) is 0 Å². The predicted molar refractivity (Wildman–Crippen MR) is 72.7 cm³/mol. The van der Waals surface area contributed by atoms with Crippen LogP contribution in [0.4, 0.5) is 0 Å². The standard InChI is InChI=1S/C14H13N3O/c1-9-16-12(14(18)17(9)2)8-11-5-3-4-10-6-7-15-13(10)11/h3-8,15-16H,1H2,2H3/b12-8-. The quantitative estimate of drug-likeness (QED) is 0.636. The first-order valence-electron chi connectivity index (χ1n) is 5.68. The Morgan fingerprint density at radius 1 is 1.33 bits per heavy atom. The number of fused-ring (bicyclic) bond motifs is 1. The van der Waals surface area contributed by atoms with Crippen molar-refractivity contribution in [2.45, 2.75) is 0 Å². The molecule has 4 nitrogen and oxygen atoms in total. The van der Waals surface area contributed by atoms with Crippen molar-refractivity contribution in [2.75, 3.05) is 0 Å². The number of nitrogens with zero attached hydrogens (tertiary/aromatic N) is 1. The molecule has 0 aliphatic heterocycles. The Labute approximate surface area is 103 Å². The van der Waals surface area contributed by atoms with Crippen LogP contribution in [0.2, 0.25) is 0 Å². The highest BCUT2D eigenvalue weighted by atomic mass is 16.1. The summed E-state index contributed by atoms with van der Waals surface area (Å²) >= 11 is 0. The van der Waals surface area contributed by atoms with Crippen molar-refractivity contribution in [3.63, 3.8) is 0 Å². The van der Waals surface area contributed by atoms with E-state index in [1.54, 1.807) is 7.05 Å². The number of hydrogen-bond acceptors (Lipinski definition) is 1. The fourth-order valence-electron chi connectivity index (χ4n) is 2.08. The lowest BCUT2D eigenvalue weighted by Gasteiger charge is -1.95. The van der Waals surface area contributed by atoms with E-state index in [4.69, 9.17) is 0 Å². The van der Waals surface area contributed by atoms with Gasteiger partial charge in [0, 0.05) is 18.8 Å². The number of imidazole rings is 1. The van der Waals surface area contributed by atoms with Crippen LogP contribution in [0.15, 0.2) is 35.3 Å². The zero-order valence-corrected chi connectivity index (χ0v) is 10.0. The smallest absolute Gasteiger partial charge is 0.275 e. The van der Waals surface area contributed by atoms with E-state index in [-0.39, 0.29) is 5.56 Å². The second kappa shape index (κ2) is 3.77.